The summed E-state index contributed by atoms with van der Waals surface area (Å²) < 4.78 is 12.0. The van der Waals surface area contributed by atoms with Gasteiger partial charge < -0.3 is 0 Å². The van der Waals surface area contributed by atoms with Crippen molar-refractivity contribution in [3.8, 4) is 0 Å². The molecule has 5 heteroatoms. The number of benzene rings is 1. The third-order valence-electron chi connectivity index (χ3n) is 2.17. The minimum Gasteiger partial charge on any atom is -0.258 e. The first-order valence-electron chi connectivity index (χ1n) is 5.06. The minimum absolute atomic E-state index is 0.355. The fourth-order valence-electron chi connectivity index (χ4n) is 1.32. The van der Waals surface area contributed by atoms with E-state index in [1.807, 2.05) is 6.92 Å². The Balaban J connectivity index is 2.14. The molecule has 0 aliphatic heterocycles. The first kappa shape index (κ1) is 12.2. The molecule has 0 amide bonds. The molecule has 17 heavy (non-hydrogen) atoms. The molecule has 0 saturated carbocycles. The highest BCUT2D eigenvalue weighted by molar-refractivity contribution is 7.84. The molecular formula is C12H11ClN2OS. The van der Waals surface area contributed by atoms with Gasteiger partial charge in [-0.2, -0.15) is 0 Å². The maximum Gasteiger partial charge on any atom is 0.0721 e. The van der Waals surface area contributed by atoms with Crippen LogP contribution in [0.4, 0.5) is 0 Å². The molecular weight excluding hydrogens is 256 g/mol. The highest BCUT2D eigenvalue weighted by Gasteiger charge is 2.06. The molecule has 1 atom stereocenters. The second kappa shape index (κ2) is 5.38. The number of aryl methyl sites for hydroxylation is 1. The normalized spacial score (nSPS) is 12.4. The van der Waals surface area contributed by atoms with Crippen LogP contribution in [0.15, 0.2) is 41.6 Å². The highest BCUT2D eigenvalue weighted by atomic mass is 35.5. The van der Waals surface area contributed by atoms with Crippen molar-refractivity contribution in [1.82, 2.24) is 9.97 Å². The lowest BCUT2D eigenvalue weighted by Gasteiger charge is -2.02. The Hall–Kier alpha value is -1.26. The summed E-state index contributed by atoms with van der Waals surface area (Å²) in [5.74, 6) is 0.355. The minimum atomic E-state index is -1.14. The average molecular weight is 267 g/mol. The average Bonchev–Trinajstić information content (AvgIpc) is 2.32. The van der Waals surface area contributed by atoms with Crippen molar-refractivity contribution in [2.75, 3.05) is 0 Å². The first-order valence-corrected chi connectivity index (χ1v) is 6.76. The number of nitrogens with zero attached hydrogens (tertiary/aromatic N) is 2. The molecule has 0 radical (unpaired) electrons. The molecule has 2 aromatic rings. The van der Waals surface area contributed by atoms with Gasteiger partial charge in [-0.1, -0.05) is 17.7 Å². The van der Waals surface area contributed by atoms with E-state index < -0.39 is 10.8 Å². The van der Waals surface area contributed by atoms with E-state index >= 15 is 0 Å². The number of halogens is 1. The summed E-state index contributed by atoms with van der Waals surface area (Å²) in [4.78, 5) is 9.01. The Morgan fingerprint density at radius 1 is 1.29 bits per heavy atom. The van der Waals surface area contributed by atoms with Crippen molar-refractivity contribution in [2.45, 2.75) is 17.6 Å². The van der Waals surface area contributed by atoms with Crippen LogP contribution in [0.1, 0.15) is 11.4 Å². The standard InChI is InChI=1S/C12H11ClN2OS/c1-9-6-15-11(7-14-9)8-17(16)12-4-2-3-10(13)5-12/h2-7H,8H2,1H3/t17-/m1/s1. The van der Waals surface area contributed by atoms with Gasteiger partial charge in [0.25, 0.3) is 0 Å². The Labute approximate surface area is 107 Å². The fraction of sp³-hybridized carbons (Fsp3) is 0.167. The second-order valence-corrected chi connectivity index (χ2v) is 5.48. The first-order chi connectivity index (χ1) is 8.15. The van der Waals surface area contributed by atoms with Crippen LogP contribution in [0.25, 0.3) is 0 Å². The maximum atomic E-state index is 12.0. The van der Waals surface area contributed by atoms with Crippen molar-refractivity contribution in [2.24, 2.45) is 0 Å². The summed E-state index contributed by atoms with van der Waals surface area (Å²) in [6.07, 6.45) is 3.32. The molecule has 0 saturated heterocycles. The zero-order valence-electron chi connectivity index (χ0n) is 9.26. The Kier molecular flexibility index (Phi) is 3.86. The van der Waals surface area contributed by atoms with E-state index in [1.54, 1.807) is 36.7 Å². The fourth-order valence-corrected chi connectivity index (χ4v) is 2.65. The molecule has 1 aromatic heterocycles. The van der Waals surface area contributed by atoms with Gasteiger partial charge >= 0.3 is 0 Å². The quantitative estimate of drug-likeness (QED) is 0.858. The van der Waals surface area contributed by atoms with Gasteiger partial charge in [-0.15, -0.1) is 0 Å². The van der Waals surface area contributed by atoms with Gasteiger partial charge in [0.1, 0.15) is 0 Å². The predicted molar refractivity (Wildman–Crippen MR) is 68.3 cm³/mol. The van der Waals surface area contributed by atoms with Gasteiger partial charge in [0, 0.05) is 22.3 Å². The molecule has 3 nitrogen and oxygen atoms in total. The molecule has 0 aliphatic rings. The summed E-state index contributed by atoms with van der Waals surface area (Å²) in [5.41, 5.74) is 1.57. The van der Waals surface area contributed by atoms with Crippen molar-refractivity contribution < 1.29 is 4.21 Å². The van der Waals surface area contributed by atoms with Crippen molar-refractivity contribution in [3.63, 3.8) is 0 Å². The Morgan fingerprint density at radius 2 is 2.12 bits per heavy atom. The summed E-state index contributed by atoms with van der Waals surface area (Å²) in [5, 5.41) is 0.589. The molecule has 2 rings (SSSR count). The van der Waals surface area contributed by atoms with Crippen LogP contribution < -0.4 is 0 Å². The Morgan fingerprint density at radius 3 is 2.76 bits per heavy atom. The molecule has 1 aromatic carbocycles. The lowest BCUT2D eigenvalue weighted by atomic mass is 10.4. The maximum absolute atomic E-state index is 12.0. The second-order valence-electron chi connectivity index (χ2n) is 3.60. The zero-order chi connectivity index (χ0) is 12.3. The molecule has 1 heterocycles. The van der Waals surface area contributed by atoms with Crippen molar-refractivity contribution in [1.29, 1.82) is 0 Å². The molecule has 0 aliphatic carbocycles. The molecule has 0 spiro atoms. The van der Waals surface area contributed by atoms with Crippen LogP contribution in [0.2, 0.25) is 5.02 Å². The lowest BCUT2D eigenvalue weighted by molar-refractivity contribution is 0.682. The van der Waals surface area contributed by atoms with Gasteiger partial charge in [-0.3, -0.25) is 14.2 Å². The number of hydrogen-bond donors (Lipinski definition) is 0. The van der Waals surface area contributed by atoms with E-state index in [1.165, 1.54) is 0 Å². The van der Waals surface area contributed by atoms with Gasteiger partial charge in [0.05, 0.1) is 27.9 Å². The van der Waals surface area contributed by atoms with E-state index in [0.29, 0.717) is 21.4 Å². The summed E-state index contributed by atoms with van der Waals surface area (Å²) >= 11 is 5.85. The summed E-state index contributed by atoms with van der Waals surface area (Å²) in [6, 6.07) is 7.05. The third-order valence-corrected chi connectivity index (χ3v) is 3.75. The molecule has 0 N–H and O–H groups in total. The van der Waals surface area contributed by atoms with Crippen molar-refractivity contribution in [3.05, 3.63) is 53.1 Å². The summed E-state index contributed by atoms with van der Waals surface area (Å²) in [6.45, 7) is 1.87. The van der Waals surface area contributed by atoms with E-state index in [9.17, 15) is 4.21 Å². The summed E-state index contributed by atoms with van der Waals surface area (Å²) in [7, 11) is -1.14. The van der Waals surface area contributed by atoms with Crippen LogP contribution in [-0.2, 0) is 16.6 Å². The monoisotopic (exact) mass is 266 g/mol. The van der Waals surface area contributed by atoms with Crippen LogP contribution in [-0.4, -0.2) is 14.2 Å². The van der Waals surface area contributed by atoms with Crippen LogP contribution >= 0.6 is 11.6 Å². The van der Waals surface area contributed by atoms with Gasteiger partial charge in [-0.05, 0) is 25.1 Å². The van der Waals surface area contributed by atoms with Crippen molar-refractivity contribution >= 4 is 22.4 Å². The zero-order valence-corrected chi connectivity index (χ0v) is 10.8. The molecule has 0 fully saturated rings. The number of aromatic nitrogens is 2. The van der Waals surface area contributed by atoms with Gasteiger partial charge in [0.2, 0.25) is 0 Å². The molecule has 0 bridgehead atoms. The van der Waals surface area contributed by atoms with Crippen LogP contribution in [0.3, 0.4) is 0 Å². The van der Waals surface area contributed by atoms with Crippen LogP contribution in [0.5, 0.6) is 0 Å². The number of hydrogen-bond acceptors (Lipinski definition) is 3. The third kappa shape index (κ3) is 3.35. The lowest BCUT2D eigenvalue weighted by Crippen LogP contribution is -2.00. The van der Waals surface area contributed by atoms with E-state index in [4.69, 9.17) is 11.6 Å². The topological polar surface area (TPSA) is 42.9 Å². The molecule has 88 valence electrons. The molecule has 0 unspecified atom stereocenters. The largest absolute Gasteiger partial charge is 0.258 e. The van der Waals surface area contributed by atoms with Crippen LogP contribution in [0, 0.1) is 6.92 Å². The Bertz CT molecular complexity index is 542. The predicted octanol–water partition coefficient (Wildman–Crippen LogP) is 2.75. The van der Waals surface area contributed by atoms with E-state index in [0.717, 1.165) is 5.69 Å². The highest BCUT2D eigenvalue weighted by Crippen LogP contribution is 2.16. The van der Waals surface area contributed by atoms with Gasteiger partial charge in [0.15, 0.2) is 0 Å². The smallest absolute Gasteiger partial charge is 0.0721 e. The number of rotatable bonds is 3. The SMILES string of the molecule is Cc1cnc(C[S@@](=O)c2cccc(Cl)c2)cn1. The van der Waals surface area contributed by atoms with E-state index in [2.05, 4.69) is 9.97 Å². The van der Waals surface area contributed by atoms with E-state index in [-0.39, 0.29) is 0 Å². The van der Waals surface area contributed by atoms with Gasteiger partial charge in [-0.25, -0.2) is 0 Å².